The standard InChI is InChI=1S/C16H23ClN2O/c1-3-16(9-4-10-18-12-16)15(20)19(2)11-13-5-7-14(17)8-6-13/h5-8,18H,3-4,9-12H2,1-2H3. The van der Waals surface area contributed by atoms with Crippen molar-refractivity contribution in [3.63, 3.8) is 0 Å². The molecule has 1 aromatic rings. The SMILES string of the molecule is CCC1(C(=O)N(C)Cc2ccc(Cl)cc2)CCCNC1. The van der Waals surface area contributed by atoms with E-state index in [-0.39, 0.29) is 11.3 Å². The van der Waals surface area contributed by atoms with Crippen molar-refractivity contribution in [1.29, 1.82) is 0 Å². The molecule has 1 unspecified atom stereocenters. The van der Waals surface area contributed by atoms with Gasteiger partial charge >= 0.3 is 0 Å². The van der Waals surface area contributed by atoms with Gasteiger partial charge in [-0.25, -0.2) is 0 Å². The summed E-state index contributed by atoms with van der Waals surface area (Å²) in [7, 11) is 1.89. The zero-order chi connectivity index (χ0) is 14.6. The monoisotopic (exact) mass is 294 g/mol. The minimum atomic E-state index is -0.223. The second kappa shape index (κ2) is 6.59. The molecule has 1 heterocycles. The summed E-state index contributed by atoms with van der Waals surface area (Å²) in [5.41, 5.74) is 0.889. The van der Waals surface area contributed by atoms with Gasteiger partial charge in [-0.1, -0.05) is 30.7 Å². The summed E-state index contributed by atoms with van der Waals surface area (Å²) >= 11 is 5.89. The Hall–Kier alpha value is -1.06. The Bertz CT molecular complexity index is 452. The van der Waals surface area contributed by atoms with Crippen molar-refractivity contribution >= 4 is 17.5 Å². The van der Waals surface area contributed by atoms with Crippen LogP contribution in [0.25, 0.3) is 0 Å². The smallest absolute Gasteiger partial charge is 0.230 e. The zero-order valence-electron chi connectivity index (χ0n) is 12.3. The first-order valence-electron chi connectivity index (χ1n) is 7.28. The van der Waals surface area contributed by atoms with Crippen molar-refractivity contribution in [3.05, 3.63) is 34.9 Å². The second-order valence-electron chi connectivity index (χ2n) is 5.70. The van der Waals surface area contributed by atoms with Crippen molar-refractivity contribution < 1.29 is 4.79 Å². The van der Waals surface area contributed by atoms with Gasteiger partial charge < -0.3 is 10.2 Å². The van der Waals surface area contributed by atoms with Crippen LogP contribution in [0.3, 0.4) is 0 Å². The van der Waals surface area contributed by atoms with Crippen LogP contribution in [0.2, 0.25) is 5.02 Å². The number of amides is 1. The van der Waals surface area contributed by atoms with Gasteiger partial charge in [0.1, 0.15) is 0 Å². The Labute approximate surface area is 126 Å². The molecule has 0 spiro atoms. The maximum Gasteiger partial charge on any atom is 0.230 e. The predicted molar refractivity (Wildman–Crippen MR) is 82.8 cm³/mol. The van der Waals surface area contributed by atoms with E-state index in [1.807, 2.05) is 36.2 Å². The predicted octanol–water partition coefficient (Wildman–Crippen LogP) is 3.08. The molecular formula is C16H23ClN2O. The van der Waals surface area contributed by atoms with E-state index in [2.05, 4.69) is 12.2 Å². The van der Waals surface area contributed by atoms with E-state index in [4.69, 9.17) is 11.6 Å². The largest absolute Gasteiger partial charge is 0.341 e. The third-order valence-electron chi connectivity index (χ3n) is 4.28. The topological polar surface area (TPSA) is 32.3 Å². The number of hydrogen-bond acceptors (Lipinski definition) is 2. The first kappa shape index (κ1) is 15.3. The van der Waals surface area contributed by atoms with Gasteiger partial charge in [0.15, 0.2) is 0 Å². The molecule has 0 aliphatic carbocycles. The number of halogens is 1. The minimum Gasteiger partial charge on any atom is -0.341 e. The summed E-state index contributed by atoms with van der Waals surface area (Å²) in [6.45, 7) is 4.57. The van der Waals surface area contributed by atoms with E-state index in [0.717, 1.165) is 42.9 Å². The van der Waals surface area contributed by atoms with Crippen molar-refractivity contribution in [1.82, 2.24) is 10.2 Å². The highest BCUT2D eigenvalue weighted by Crippen LogP contribution is 2.32. The molecule has 1 aliphatic rings. The van der Waals surface area contributed by atoms with E-state index in [1.54, 1.807) is 0 Å². The maximum atomic E-state index is 12.8. The van der Waals surface area contributed by atoms with Crippen LogP contribution in [-0.4, -0.2) is 30.9 Å². The maximum absolute atomic E-state index is 12.8. The van der Waals surface area contributed by atoms with Crippen molar-refractivity contribution in [3.8, 4) is 0 Å². The highest BCUT2D eigenvalue weighted by molar-refractivity contribution is 6.30. The first-order valence-corrected chi connectivity index (χ1v) is 7.66. The van der Waals surface area contributed by atoms with Crippen LogP contribution >= 0.6 is 11.6 Å². The van der Waals surface area contributed by atoms with E-state index >= 15 is 0 Å². The minimum absolute atomic E-state index is 0.223. The van der Waals surface area contributed by atoms with Gasteiger partial charge in [-0.05, 0) is 43.5 Å². The van der Waals surface area contributed by atoms with Gasteiger partial charge in [0.05, 0.1) is 5.41 Å². The molecule has 0 radical (unpaired) electrons. The van der Waals surface area contributed by atoms with E-state index in [9.17, 15) is 4.79 Å². The lowest BCUT2D eigenvalue weighted by Crippen LogP contribution is -2.50. The van der Waals surface area contributed by atoms with Gasteiger partial charge in [-0.3, -0.25) is 4.79 Å². The fraction of sp³-hybridized carbons (Fsp3) is 0.562. The lowest BCUT2D eigenvalue weighted by molar-refractivity contribution is -0.142. The third kappa shape index (κ3) is 3.33. The van der Waals surface area contributed by atoms with Crippen molar-refractivity contribution in [2.24, 2.45) is 5.41 Å². The summed E-state index contributed by atoms with van der Waals surface area (Å²) in [5.74, 6) is 0.252. The van der Waals surface area contributed by atoms with E-state index < -0.39 is 0 Å². The number of carbonyl (C=O) groups excluding carboxylic acids is 1. The molecule has 1 N–H and O–H groups in total. The van der Waals surface area contributed by atoms with E-state index in [1.165, 1.54) is 0 Å². The fourth-order valence-electron chi connectivity index (χ4n) is 2.94. The average Bonchev–Trinajstić information content (AvgIpc) is 2.49. The Morgan fingerprint density at radius 2 is 2.10 bits per heavy atom. The lowest BCUT2D eigenvalue weighted by atomic mass is 9.77. The molecular weight excluding hydrogens is 272 g/mol. The molecule has 1 fully saturated rings. The van der Waals surface area contributed by atoms with Crippen LogP contribution in [0.4, 0.5) is 0 Å². The van der Waals surface area contributed by atoms with Crippen LogP contribution in [0, 0.1) is 5.41 Å². The second-order valence-corrected chi connectivity index (χ2v) is 6.14. The fourth-order valence-corrected chi connectivity index (χ4v) is 3.07. The molecule has 0 bridgehead atoms. The molecule has 1 atom stereocenters. The summed E-state index contributed by atoms with van der Waals surface area (Å²) in [6, 6.07) is 7.69. The number of carbonyl (C=O) groups is 1. The summed E-state index contributed by atoms with van der Waals surface area (Å²) < 4.78 is 0. The third-order valence-corrected chi connectivity index (χ3v) is 4.53. The Kier molecular flexibility index (Phi) is 5.06. The van der Waals surface area contributed by atoms with Gasteiger partial charge in [0.25, 0.3) is 0 Å². The molecule has 1 aromatic carbocycles. The number of nitrogens with one attached hydrogen (secondary N) is 1. The number of hydrogen-bond donors (Lipinski definition) is 1. The van der Waals surface area contributed by atoms with Gasteiger partial charge in [-0.15, -0.1) is 0 Å². The number of benzene rings is 1. The molecule has 2 rings (SSSR count). The van der Waals surface area contributed by atoms with Crippen LogP contribution in [-0.2, 0) is 11.3 Å². The first-order chi connectivity index (χ1) is 9.57. The van der Waals surface area contributed by atoms with E-state index in [0.29, 0.717) is 6.54 Å². The summed E-state index contributed by atoms with van der Waals surface area (Å²) in [5, 5.41) is 4.09. The summed E-state index contributed by atoms with van der Waals surface area (Å²) in [6.07, 6.45) is 2.96. The van der Waals surface area contributed by atoms with Crippen LogP contribution in [0.15, 0.2) is 24.3 Å². The molecule has 4 heteroatoms. The van der Waals surface area contributed by atoms with Crippen LogP contribution in [0.5, 0.6) is 0 Å². The normalized spacial score (nSPS) is 22.6. The van der Waals surface area contributed by atoms with Gasteiger partial charge in [-0.2, -0.15) is 0 Å². The Morgan fingerprint density at radius 3 is 2.65 bits per heavy atom. The molecule has 20 heavy (non-hydrogen) atoms. The average molecular weight is 295 g/mol. The van der Waals surface area contributed by atoms with Crippen molar-refractivity contribution in [2.45, 2.75) is 32.7 Å². The van der Waals surface area contributed by atoms with Gasteiger partial charge in [0, 0.05) is 25.2 Å². The Morgan fingerprint density at radius 1 is 1.40 bits per heavy atom. The van der Waals surface area contributed by atoms with Gasteiger partial charge in [0.2, 0.25) is 5.91 Å². The molecule has 3 nitrogen and oxygen atoms in total. The number of rotatable bonds is 4. The lowest BCUT2D eigenvalue weighted by Gasteiger charge is -2.38. The van der Waals surface area contributed by atoms with Crippen LogP contribution in [0.1, 0.15) is 31.7 Å². The molecule has 1 aliphatic heterocycles. The zero-order valence-corrected chi connectivity index (χ0v) is 13.0. The molecule has 0 aromatic heterocycles. The summed E-state index contributed by atoms with van der Waals surface area (Å²) in [4.78, 5) is 14.6. The number of piperidine rings is 1. The highest BCUT2D eigenvalue weighted by Gasteiger charge is 2.39. The molecule has 1 amide bonds. The molecule has 1 saturated heterocycles. The quantitative estimate of drug-likeness (QED) is 0.925. The van der Waals surface area contributed by atoms with Crippen molar-refractivity contribution in [2.75, 3.05) is 20.1 Å². The Balaban J connectivity index is 2.05. The number of nitrogens with zero attached hydrogens (tertiary/aromatic N) is 1. The molecule has 0 saturated carbocycles. The highest BCUT2D eigenvalue weighted by atomic mass is 35.5. The van der Waals surface area contributed by atoms with Crippen LogP contribution < -0.4 is 5.32 Å². The molecule has 110 valence electrons.